The highest BCUT2D eigenvalue weighted by atomic mass is 32.1. The molecule has 1 heterocycles. The molecular weight excluding hydrogens is 198 g/mol. The summed E-state index contributed by atoms with van der Waals surface area (Å²) in [5.41, 5.74) is 1.03. The predicted octanol–water partition coefficient (Wildman–Crippen LogP) is 0.848. The van der Waals surface area contributed by atoms with E-state index in [1.54, 1.807) is 18.4 Å². The molecule has 0 fully saturated rings. The van der Waals surface area contributed by atoms with Gasteiger partial charge in [-0.25, -0.2) is 4.98 Å². The Hall–Kier alpha value is -0.940. The second kappa shape index (κ2) is 5.07. The van der Waals surface area contributed by atoms with E-state index in [1.807, 2.05) is 19.2 Å². The summed E-state index contributed by atoms with van der Waals surface area (Å²) in [4.78, 5) is 15.3. The van der Waals surface area contributed by atoms with E-state index >= 15 is 0 Å². The van der Waals surface area contributed by atoms with Gasteiger partial charge in [0.15, 0.2) is 0 Å². The molecule has 5 heteroatoms. The Labute approximate surface area is 87.7 Å². The van der Waals surface area contributed by atoms with Crippen LogP contribution >= 0.6 is 11.3 Å². The van der Waals surface area contributed by atoms with Gasteiger partial charge in [0.1, 0.15) is 5.01 Å². The number of nitrogens with one attached hydrogen (secondary N) is 2. The first-order valence-corrected chi connectivity index (χ1v) is 5.37. The van der Waals surface area contributed by atoms with Crippen molar-refractivity contribution in [1.82, 2.24) is 15.6 Å². The van der Waals surface area contributed by atoms with E-state index in [-0.39, 0.29) is 11.9 Å². The van der Waals surface area contributed by atoms with Crippen molar-refractivity contribution in [3.8, 4) is 0 Å². The van der Waals surface area contributed by atoms with Gasteiger partial charge >= 0.3 is 0 Å². The van der Waals surface area contributed by atoms with Gasteiger partial charge in [-0.2, -0.15) is 0 Å². The van der Waals surface area contributed by atoms with Gasteiger partial charge < -0.3 is 5.32 Å². The highest BCUT2D eigenvalue weighted by Gasteiger charge is 2.09. The average Bonchev–Trinajstić information content (AvgIpc) is 2.60. The summed E-state index contributed by atoms with van der Waals surface area (Å²) in [6, 6.07) is 0.131. The van der Waals surface area contributed by atoms with Crippen LogP contribution in [0.2, 0.25) is 0 Å². The van der Waals surface area contributed by atoms with Gasteiger partial charge in [0.2, 0.25) is 5.91 Å². The maximum absolute atomic E-state index is 11.0. The lowest BCUT2D eigenvalue weighted by atomic mass is 10.3. The smallest absolute Gasteiger partial charge is 0.233 e. The quantitative estimate of drug-likeness (QED) is 0.779. The van der Waals surface area contributed by atoms with E-state index in [1.165, 1.54) is 0 Å². The minimum absolute atomic E-state index is 0.00914. The summed E-state index contributed by atoms with van der Waals surface area (Å²) in [7, 11) is 1.63. The molecule has 0 aliphatic carbocycles. The number of carbonyl (C=O) groups is 1. The molecular formula is C9H15N3OS. The Balaban J connectivity index is 2.42. The first-order valence-electron chi connectivity index (χ1n) is 4.49. The molecule has 1 aromatic rings. The van der Waals surface area contributed by atoms with Gasteiger partial charge in [-0.3, -0.25) is 10.1 Å². The van der Waals surface area contributed by atoms with Gasteiger partial charge in [0, 0.05) is 18.1 Å². The number of aromatic nitrogens is 1. The molecule has 4 nitrogen and oxygen atoms in total. The molecule has 0 aromatic carbocycles. The third kappa shape index (κ3) is 3.08. The van der Waals surface area contributed by atoms with E-state index in [0.29, 0.717) is 6.54 Å². The van der Waals surface area contributed by atoms with Crippen molar-refractivity contribution in [1.29, 1.82) is 0 Å². The van der Waals surface area contributed by atoms with E-state index < -0.39 is 0 Å². The van der Waals surface area contributed by atoms with Crippen molar-refractivity contribution in [2.24, 2.45) is 0 Å². The van der Waals surface area contributed by atoms with E-state index in [4.69, 9.17) is 0 Å². The zero-order valence-electron chi connectivity index (χ0n) is 8.63. The van der Waals surface area contributed by atoms with Gasteiger partial charge in [-0.1, -0.05) is 0 Å². The molecule has 2 N–H and O–H groups in total. The predicted molar refractivity (Wildman–Crippen MR) is 57.3 cm³/mol. The van der Waals surface area contributed by atoms with Crippen LogP contribution in [0.25, 0.3) is 0 Å². The van der Waals surface area contributed by atoms with Crippen LogP contribution in [0.4, 0.5) is 0 Å². The number of aryl methyl sites for hydroxylation is 1. The third-order valence-corrected chi connectivity index (χ3v) is 3.00. The van der Waals surface area contributed by atoms with Crippen LogP contribution in [0.1, 0.15) is 23.7 Å². The largest absolute Gasteiger partial charge is 0.358 e. The molecule has 0 saturated heterocycles. The third-order valence-electron chi connectivity index (χ3n) is 1.85. The first kappa shape index (κ1) is 11.1. The van der Waals surface area contributed by atoms with Crippen molar-refractivity contribution in [3.05, 3.63) is 16.1 Å². The Morgan fingerprint density at radius 3 is 2.93 bits per heavy atom. The normalized spacial score (nSPS) is 12.5. The summed E-state index contributed by atoms with van der Waals surface area (Å²) in [6.07, 6.45) is 0. The molecule has 0 saturated carbocycles. The van der Waals surface area contributed by atoms with Gasteiger partial charge in [0.25, 0.3) is 0 Å². The summed E-state index contributed by atoms with van der Waals surface area (Å²) < 4.78 is 0. The molecule has 0 aliphatic heterocycles. The highest BCUT2D eigenvalue weighted by Crippen LogP contribution is 2.16. The highest BCUT2D eigenvalue weighted by molar-refractivity contribution is 7.09. The minimum Gasteiger partial charge on any atom is -0.358 e. The lowest BCUT2D eigenvalue weighted by Gasteiger charge is -2.09. The number of likely N-dealkylation sites (N-methyl/N-ethyl adjacent to an activating group) is 1. The van der Waals surface area contributed by atoms with Gasteiger partial charge in [-0.15, -0.1) is 11.3 Å². The molecule has 0 bridgehead atoms. The molecule has 1 rings (SSSR count). The lowest BCUT2D eigenvalue weighted by molar-refractivity contribution is -0.119. The van der Waals surface area contributed by atoms with Crippen molar-refractivity contribution < 1.29 is 4.79 Å². The van der Waals surface area contributed by atoms with Crippen LogP contribution < -0.4 is 10.6 Å². The fourth-order valence-corrected chi connectivity index (χ4v) is 1.82. The number of hydrogen-bond donors (Lipinski definition) is 2. The van der Waals surface area contributed by atoms with E-state index in [2.05, 4.69) is 15.6 Å². The molecule has 78 valence electrons. The molecule has 0 radical (unpaired) electrons. The van der Waals surface area contributed by atoms with Crippen LogP contribution in [-0.2, 0) is 4.79 Å². The van der Waals surface area contributed by atoms with Crippen LogP contribution in [0.5, 0.6) is 0 Å². The number of rotatable bonds is 4. The van der Waals surface area contributed by atoms with Crippen LogP contribution in [0.15, 0.2) is 5.38 Å². The Kier molecular flexibility index (Phi) is 4.03. The second-order valence-electron chi connectivity index (χ2n) is 3.10. The van der Waals surface area contributed by atoms with Gasteiger partial charge in [-0.05, 0) is 13.8 Å². The standard InChI is InChI=1S/C9H15N3OS/c1-6-5-14-9(12-6)7(2)11-4-8(13)10-3/h5,7,11H,4H2,1-3H3,(H,10,13). The number of carbonyl (C=O) groups excluding carboxylic acids is 1. The summed E-state index contributed by atoms with van der Waals surface area (Å²) in [5.74, 6) is -0.00914. The minimum atomic E-state index is -0.00914. The first-order chi connectivity index (χ1) is 6.63. The van der Waals surface area contributed by atoms with Crippen molar-refractivity contribution in [2.75, 3.05) is 13.6 Å². The van der Waals surface area contributed by atoms with Crippen molar-refractivity contribution in [2.45, 2.75) is 19.9 Å². The zero-order chi connectivity index (χ0) is 10.6. The van der Waals surface area contributed by atoms with Crippen LogP contribution in [0.3, 0.4) is 0 Å². The van der Waals surface area contributed by atoms with Crippen molar-refractivity contribution >= 4 is 17.2 Å². The molecule has 1 aromatic heterocycles. The summed E-state index contributed by atoms with van der Waals surface area (Å²) in [5, 5.41) is 8.68. The van der Waals surface area contributed by atoms with E-state index in [0.717, 1.165) is 10.7 Å². The molecule has 1 amide bonds. The molecule has 1 unspecified atom stereocenters. The van der Waals surface area contributed by atoms with Gasteiger partial charge in [0.05, 0.1) is 12.6 Å². The average molecular weight is 213 g/mol. The summed E-state index contributed by atoms with van der Waals surface area (Å²) >= 11 is 1.61. The van der Waals surface area contributed by atoms with Crippen LogP contribution in [-0.4, -0.2) is 24.5 Å². The fraction of sp³-hybridized carbons (Fsp3) is 0.556. The number of nitrogens with zero attached hydrogens (tertiary/aromatic N) is 1. The maximum Gasteiger partial charge on any atom is 0.233 e. The van der Waals surface area contributed by atoms with Crippen LogP contribution in [0, 0.1) is 6.92 Å². The van der Waals surface area contributed by atoms with Crippen molar-refractivity contribution in [3.63, 3.8) is 0 Å². The fourth-order valence-electron chi connectivity index (χ4n) is 0.993. The molecule has 1 atom stereocenters. The second-order valence-corrected chi connectivity index (χ2v) is 3.99. The topological polar surface area (TPSA) is 54.0 Å². The number of hydrogen-bond acceptors (Lipinski definition) is 4. The Morgan fingerprint density at radius 2 is 2.43 bits per heavy atom. The SMILES string of the molecule is CNC(=O)CNC(C)c1nc(C)cs1. The molecule has 0 spiro atoms. The Morgan fingerprint density at radius 1 is 1.71 bits per heavy atom. The van der Waals surface area contributed by atoms with E-state index in [9.17, 15) is 4.79 Å². The molecule has 0 aliphatic rings. The molecule has 14 heavy (non-hydrogen) atoms. The number of thiazole rings is 1. The number of amides is 1. The Bertz CT molecular complexity index is 311. The maximum atomic E-state index is 11.0. The lowest BCUT2D eigenvalue weighted by Crippen LogP contribution is -2.32. The zero-order valence-corrected chi connectivity index (χ0v) is 9.44. The summed E-state index contributed by atoms with van der Waals surface area (Å²) in [6.45, 7) is 4.29. The monoisotopic (exact) mass is 213 g/mol.